The molecular weight excluding hydrogens is 408 g/mol. The number of esters is 1. The maximum absolute atomic E-state index is 12.0. The van der Waals surface area contributed by atoms with Crippen molar-refractivity contribution in [1.82, 2.24) is 19.5 Å². The Morgan fingerprint density at radius 1 is 1.25 bits per heavy atom. The number of rotatable bonds is 6. The van der Waals surface area contributed by atoms with Crippen LogP contribution >= 0.6 is 0 Å². The van der Waals surface area contributed by atoms with Gasteiger partial charge >= 0.3 is 5.97 Å². The third-order valence-electron chi connectivity index (χ3n) is 6.37. The Hall–Kier alpha value is -3.26. The van der Waals surface area contributed by atoms with Gasteiger partial charge in [-0.15, -0.1) is 0 Å². The first kappa shape index (κ1) is 20.6. The van der Waals surface area contributed by atoms with Crippen LogP contribution in [0.15, 0.2) is 46.8 Å². The van der Waals surface area contributed by atoms with Crippen LogP contribution in [0.4, 0.5) is 0 Å². The van der Waals surface area contributed by atoms with E-state index in [0.29, 0.717) is 18.1 Å². The van der Waals surface area contributed by atoms with Gasteiger partial charge in [0, 0.05) is 30.7 Å². The number of pyridine rings is 2. The highest BCUT2D eigenvalue weighted by Crippen LogP contribution is 2.32. The first-order valence-corrected chi connectivity index (χ1v) is 11.0. The lowest BCUT2D eigenvalue weighted by molar-refractivity contribution is -0.0590. The molecule has 1 saturated heterocycles. The van der Waals surface area contributed by atoms with Crippen LogP contribution in [0.2, 0.25) is 0 Å². The molecule has 32 heavy (non-hydrogen) atoms. The fourth-order valence-electron chi connectivity index (χ4n) is 4.46. The Morgan fingerprint density at radius 2 is 2.12 bits per heavy atom. The molecule has 3 aromatic heterocycles. The lowest BCUT2D eigenvalue weighted by atomic mass is 9.86. The molecule has 2 aliphatic rings. The number of H-pyrrole nitrogens is 1. The summed E-state index contributed by atoms with van der Waals surface area (Å²) >= 11 is 0. The number of imidazole rings is 1. The van der Waals surface area contributed by atoms with E-state index in [1.807, 2.05) is 18.2 Å². The topological polar surface area (TPSA) is 99.1 Å². The summed E-state index contributed by atoms with van der Waals surface area (Å²) in [6.45, 7) is 1.45. The van der Waals surface area contributed by atoms with E-state index in [9.17, 15) is 9.59 Å². The van der Waals surface area contributed by atoms with Gasteiger partial charge < -0.3 is 19.0 Å². The molecule has 1 fully saturated rings. The molecule has 3 aromatic rings. The number of methoxy groups -OCH3 is 1. The maximum Gasteiger partial charge on any atom is 0.356 e. The van der Waals surface area contributed by atoms with Crippen molar-refractivity contribution in [1.29, 1.82) is 0 Å². The molecule has 8 heteroatoms. The Labute approximate surface area is 185 Å². The number of carbonyl (C=O) groups is 1. The maximum atomic E-state index is 12.0. The number of aromatic nitrogens is 4. The molecule has 5 rings (SSSR count). The molecule has 0 saturated carbocycles. The molecule has 0 bridgehead atoms. The van der Waals surface area contributed by atoms with Crippen molar-refractivity contribution in [2.45, 2.75) is 50.7 Å². The number of fused-ring (bicyclic) bond motifs is 1. The van der Waals surface area contributed by atoms with Crippen LogP contribution in [-0.4, -0.2) is 45.3 Å². The number of allylic oxidation sites excluding steroid dienone is 2. The highest BCUT2D eigenvalue weighted by Gasteiger charge is 2.24. The number of ether oxygens (including phenoxy) is 2. The molecule has 0 amide bonds. The molecule has 1 N–H and O–H groups in total. The van der Waals surface area contributed by atoms with Crippen LogP contribution in [0.3, 0.4) is 0 Å². The van der Waals surface area contributed by atoms with Gasteiger partial charge in [-0.25, -0.2) is 14.8 Å². The summed E-state index contributed by atoms with van der Waals surface area (Å²) in [6.07, 6.45) is 7.00. The first-order chi connectivity index (χ1) is 15.6. The number of hydrogen-bond acceptors (Lipinski definition) is 6. The van der Waals surface area contributed by atoms with E-state index in [-0.39, 0.29) is 17.4 Å². The van der Waals surface area contributed by atoms with Crippen LogP contribution in [0.5, 0.6) is 0 Å². The van der Waals surface area contributed by atoms with Gasteiger partial charge in [0.2, 0.25) is 5.56 Å². The van der Waals surface area contributed by atoms with Crippen molar-refractivity contribution in [3.05, 3.63) is 69.5 Å². The number of hydrogen-bond donors (Lipinski definition) is 1. The molecular formula is C24H26N4O4. The van der Waals surface area contributed by atoms with Gasteiger partial charge in [0.05, 0.1) is 19.8 Å². The summed E-state index contributed by atoms with van der Waals surface area (Å²) in [5.41, 5.74) is 4.01. The van der Waals surface area contributed by atoms with E-state index in [2.05, 4.69) is 20.6 Å². The highest BCUT2D eigenvalue weighted by molar-refractivity contribution is 5.89. The van der Waals surface area contributed by atoms with Gasteiger partial charge in [-0.05, 0) is 43.9 Å². The zero-order valence-corrected chi connectivity index (χ0v) is 18.0. The minimum Gasteiger partial charge on any atom is -0.464 e. The quantitative estimate of drug-likeness (QED) is 0.473. The predicted octanol–water partition coefficient (Wildman–Crippen LogP) is 3.13. The van der Waals surface area contributed by atoms with E-state index in [4.69, 9.17) is 14.5 Å². The molecule has 8 nitrogen and oxygen atoms in total. The second-order valence-corrected chi connectivity index (χ2v) is 8.43. The van der Waals surface area contributed by atoms with Crippen LogP contribution < -0.4 is 5.56 Å². The molecule has 2 unspecified atom stereocenters. The van der Waals surface area contributed by atoms with Crippen molar-refractivity contribution < 1.29 is 14.3 Å². The predicted molar refractivity (Wildman–Crippen MR) is 119 cm³/mol. The summed E-state index contributed by atoms with van der Waals surface area (Å²) in [5, 5.41) is 0. The number of aromatic amines is 1. The third kappa shape index (κ3) is 4.10. The van der Waals surface area contributed by atoms with E-state index in [1.165, 1.54) is 12.7 Å². The molecule has 166 valence electrons. The van der Waals surface area contributed by atoms with Crippen molar-refractivity contribution in [3.8, 4) is 0 Å². The Balaban J connectivity index is 1.41. The zero-order valence-electron chi connectivity index (χ0n) is 18.0. The largest absolute Gasteiger partial charge is 0.464 e. The highest BCUT2D eigenvalue weighted by atomic mass is 16.5. The van der Waals surface area contributed by atoms with Gasteiger partial charge in [-0.2, -0.15) is 0 Å². The first-order valence-electron chi connectivity index (χ1n) is 11.0. The Kier molecular flexibility index (Phi) is 5.61. The lowest BCUT2D eigenvalue weighted by Crippen LogP contribution is -2.32. The molecule has 0 spiro atoms. The number of carbonyl (C=O) groups excluding carboxylic acids is 1. The van der Waals surface area contributed by atoms with Crippen LogP contribution in [0.1, 0.15) is 53.6 Å². The summed E-state index contributed by atoms with van der Waals surface area (Å²) < 4.78 is 12.6. The summed E-state index contributed by atoms with van der Waals surface area (Å²) in [6, 6.07) is 8.83. The van der Waals surface area contributed by atoms with Crippen LogP contribution in [0.25, 0.3) is 11.2 Å². The zero-order chi connectivity index (χ0) is 22.1. The number of nitrogens with zero attached hydrogens (tertiary/aromatic N) is 3. The van der Waals surface area contributed by atoms with E-state index in [0.717, 1.165) is 55.7 Å². The van der Waals surface area contributed by atoms with Crippen molar-refractivity contribution in [3.63, 3.8) is 0 Å². The summed E-state index contributed by atoms with van der Waals surface area (Å²) in [4.78, 5) is 36.0. The van der Waals surface area contributed by atoms with Gasteiger partial charge in [-0.1, -0.05) is 17.7 Å². The van der Waals surface area contributed by atoms with Crippen LogP contribution in [0, 0.1) is 0 Å². The smallest absolute Gasteiger partial charge is 0.356 e. The van der Waals surface area contributed by atoms with Gasteiger partial charge in [0.25, 0.3) is 0 Å². The van der Waals surface area contributed by atoms with E-state index < -0.39 is 5.97 Å². The summed E-state index contributed by atoms with van der Waals surface area (Å²) in [5.74, 6) is 0.808. The van der Waals surface area contributed by atoms with Crippen LogP contribution in [-0.2, 0) is 22.4 Å². The molecule has 1 aliphatic heterocycles. The second kappa shape index (κ2) is 8.70. The molecule has 0 aromatic carbocycles. The minimum atomic E-state index is -0.457. The molecule has 4 heterocycles. The minimum absolute atomic E-state index is 0.0527. The van der Waals surface area contributed by atoms with Gasteiger partial charge in [-0.3, -0.25) is 4.79 Å². The average Bonchev–Trinajstić information content (AvgIpc) is 3.12. The molecule has 0 radical (unpaired) electrons. The third-order valence-corrected chi connectivity index (χ3v) is 6.37. The monoisotopic (exact) mass is 434 g/mol. The Morgan fingerprint density at radius 3 is 2.81 bits per heavy atom. The fourth-order valence-corrected chi connectivity index (χ4v) is 4.46. The van der Waals surface area contributed by atoms with Gasteiger partial charge in [0.1, 0.15) is 11.3 Å². The van der Waals surface area contributed by atoms with Gasteiger partial charge in [0.15, 0.2) is 11.3 Å². The lowest BCUT2D eigenvalue weighted by Gasteiger charge is -2.27. The Bertz CT molecular complexity index is 1240. The van der Waals surface area contributed by atoms with E-state index >= 15 is 0 Å². The normalized spacial score (nSPS) is 20.6. The molecule has 2 atom stereocenters. The second-order valence-electron chi connectivity index (χ2n) is 8.43. The number of nitrogens with one attached hydrogen (secondary N) is 1. The average molecular weight is 434 g/mol. The standard InChI is InChI=1S/C24H26N4O4/c1-31-24(30)20-10-9-19-23(27-20)28(14-17-11-12-32-17)21(25-19)13-15-5-7-16(8-6-15)18-3-2-4-22(29)26-18/h2-5,9-10,16-17H,6-8,11-14H2,1H3,(H,26,29). The summed E-state index contributed by atoms with van der Waals surface area (Å²) in [7, 11) is 1.35. The van der Waals surface area contributed by atoms with E-state index in [1.54, 1.807) is 12.1 Å². The van der Waals surface area contributed by atoms with Crippen molar-refractivity contribution in [2.75, 3.05) is 13.7 Å². The van der Waals surface area contributed by atoms with Crippen molar-refractivity contribution in [2.24, 2.45) is 0 Å². The fraction of sp³-hybridized carbons (Fsp3) is 0.417. The molecule has 1 aliphatic carbocycles. The SMILES string of the molecule is COC(=O)c1ccc2nc(CC3=CCC(c4cccc(=O)[nH]4)CC3)n(CC3CCO3)c2n1. The van der Waals surface area contributed by atoms with Crippen molar-refractivity contribution >= 4 is 17.1 Å².